The van der Waals surface area contributed by atoms with E-state index in [1.54, 1.807) is 36.1 Å². The van der Waals surface area contributed by atoms with E-state index in [9.17, 15) is 13.2 Å². The second-order valence-corrected chi connectivity index (χ2v) is 10.4. The van der Waals surface area contributed by atoms with Crippen LogP contribution in [0.4, 0.5) is 36.4 Å². The van der Waals surface area contributed by atoms with Crippen molar-refractivity contribution in [2.45, 2.75) is 19.3 Å². The van der Waals surface area contributed by atoms with Gasteiger partial charge in [-0.2, -0.15) is 4.98 Å². The molecule has 4 heterocycles. The molecule has 0 bridgehead atoms. The van der Waals surface area contributed by atoms with E-state index in [2.05, 4.69) is 30.3 Å². The van der Waals surface area contributed by atoms with Gasteiger partial charge in [0, 0.05) is 66.2 Å². The van der Waals surface area contributed by atoms with Crippen molar-refractivity contribution in [3.8, 4) is 22.5 Å². The Labute approximate surface area is 221 Å². The predicted molar refractivity (Wildman–Crippen MR) is 140 cm³/mol. The fourth-order valence-corrected chi connectivity index (χ4v) is 5.56. The van der Waals surface area contributed by atoms with Gasteiger partial charge in [-0.05, 0) is 49.2 Å². The minimum absolute atomic E-state index is 0.0279. The van der Waals surface area contributed by atoms with Gasteiger partial charge in [-0.15, -0.1) is 5.10 Å². The molecule has 1 saturated carbocycles. The smallest absolute Gasteiger partial charge is 0.241 e. The Morgan fingerprint density at radius 3 is 2.58 bits per heavy atom. The van der Waals surface area contributed by atoms with E-state index in [4.69, 9.17) is 17.3 Å². The number of halogens is 4. The molecule has 3 aromatic heterocycles. The molecule has 1 aliphatic carbocycles. The minimum atomic E-state index is -2.22. The van der Waals surface area contributed by atoms with Crippen LogP contribution in [0.3, 0.4) is 0 Å². The summed E-state index contributed by atoms with van der Waals surface area (Å²) in [5, 5.41) is 7.73. The van der Waals surface area contributed by atoms with Crippen molar-refractivity contribution in [1.29, 1.82) is 0 Å². The first-order valence-electron chi connectivity index (χ1n) is 12.1. The van der Waals surface area contributed by atoms with Crippen LogP contribution >= 0.6 is 11.6 Å². The molecule has 1 aromatic carbocycles. The average molecular weight is 541 g/mol. The third-order valence-electron chi connectivity index (χ3n) is 7.32. The van der Waals surface area contributed by atoms with Gasteiger partial charge in [-0.25, -0.2) is 27.8 Å². The molecule has 12 heteroatoms. The summed E-state index contributed by atoms with van der Waals surface area (Å²) in [6.45, 7) is 1.52. The van der Waals surface area contributed by atoms with Crippen molar-refractivity contribution in [2.24, 2.45) is 18.4 Å². The molecule has 1 spiro atoms. The molecule has 1 saturated heterocycles. The van der Waals surface area contributed by atoms with Crippen molar-refractivity contribution >= 4 is 34.9 Å². The second kappa shape index (κ2) is 9.16. The molecule has 6 rings (SSSR count). The molecule has 0 radical (unpaired) electrons. The Morgan fingerprint density at radius 2 is 1.89 bits per heavy atom. The van der Waals surface area contributed by atoms with Crippen molar-refractivity contribution in [3.63, 3.8) is 0 Å². The number of anilines is 4. The summed E-state index contributed by atoms with van der Waals surface area (Å²) in [7, 11) is 1.73. The van der Waals surface area contributed by atoms with Crippen LogP contribution in [0.15, 0.2) is 48.8 Å². The highest BCUT2D eigenvalue weighted by Gasteiger charge is 2.54. The van der Waals surface area contributed by atoms with Gasteiger partial charge >= 0.3 is 0 Å². The number of alkyl halides is 2. The zero-order valence-electron chi connectivity index (χ0n) is 20.4. The summed E-state index contributed by atoms with van der Waals surface area (Å²) in [6.07, 6.45) is 2.13. The number of benzene rings is 1. The Bertz CT molecular complexity index is 1490. The van der Waals surface area contributed by atoms with Crippen LogP contribution < -0.4 is 16.0 Å². The number of nitrogens with two attached hydrogens (primary N) is 1. The van der Waals surface area contributed by atoms with Crippen LogP contribution in [-0.4, -0.2) is 44.2 Å². The molecular weight excluding hydrogens is 517 g/mol. The SMILES string of the molecule is Cn1nc(-c2ccc(N3CC4(CC(C(F)F)C4)C3)nc2)nc1Nc1ccc(-c2ccnc(N)c2Cl)c(F)c1. The zero-order valence-corrected chi connectivity index (χ0v) is 21.1. The first-order valence-corrected chi connectivity index (χ1v) is 12.5. The highest BCUT2D eigenvalue weighted by Crippen LogP contribution is 2.54. The molecule has 3 N–H and O–H groups in total. The number of aryl methyl sites for hydroxylation is 1. The third kappa shape index (κ3) is 4.30. The predicted octanol–water partition coefficient (Wildman–Crippen LogP) is 5.54. The third-order valence-corrected chi connectivity index (χ3v) is 7.72. The Balaban J connectivity index is 1.13. The van der Waals surface area contributed by atoms with Gasteiger partial charge in [0.1, 0.15) is 17.5 Å². The van der Waals surface area contributed by atoms with Crippen LogP contribution in [0.1, 0.15) is 12.8 Å². The Kier molecular flexibility index (Phi) is 5.90. The molecule has 0 amide bonds. The molecule has 38 heavy (non-hydrogen) atoms. The number of nitrogen functional groups attached to an aromatic ring is 1. The van der Waals surface area contributed by atoms with E-state index in [1.165, 1.54) is 12.3 Å². The zero-order chi connectivity index (χ0) is 26.6. The number of rotatable bonds is 6. The number of nitrogens with one attached hydrogen (secondary N) is 1. The monoisotopic (exact) mass is 540 g/mol. The van der Waals surface area contributed by atoms with Gasteiger partial charge in [-0.1, -0.05) is 11.6 Å². The summed E-state index contributed by atoms with van der Waals surface area (Å²) in [5.41, 5.74) is 7.74. The van der Waals surface area contributed by atoms with Crippen molar-refractivity contribution in [3.05, 3.63) is 59.6 Å². The van der Waals surface area contributed by atoms with Crippen LogP contribution in [0, 0.1) is 17.2 Å². The Morgan fingerprint density at radius 1 is 1.11 bits per heavy atom. The van der Waals surface area contributed by atoms with Gasteiger partial charge in [0.2, 0.25) is 12.4 Å². The van der Waals surface area contributed by atoms with Crippen LogP contribution in [0.2, 0.25) is 5.02 Å². The second-order valence-electron chi connectivity index (χ2n) is 10.0. The molecule has 196 valence electrons. The highest BCUT2D eigenvalue weighted by molar-refractivity contribution is 6.35. The van der Waals surface area contributed by atoms with Crippen molar-refractivity contribution < 1.29 is 13.2 Å². The lowest BCUT2D eigenvalue weighted by Crippen LogP contribution is -2.63. The van der Waals surface area contributed by atoms with Gasteiger partial charge < -0.3 is 16.0 Å². The van der Waals surface area contributed by atoms with E-state index >= 15 is 0 Å². The summed E-state index contributed by atoms with van der Waals surface area (Å²) in [6, 6.07) is 10.0. The lowest BCUT2D eigenvalue weighted by molar-refractivity contribution is -0.0658. The van der Waals surface area contributed by atoms with E-state index in [0.29, 0.717) is 41.4 Å². The van der Waals surface area contributed by atoms with Crippen molar-refractivity contribution in [1.82, 2.24) is 24.7 Å². The molecule has 2 fully saturated rings. The molecule has 2 aliphatic rings. The van der Waals surface area contributed by atoms with E-state index < -0.39 is 18.2 Å². The molecule has 4 aromatic rings. The molecule has 8 nitrogen and oxygen atoms in total. The molecule has 0 atom stereocenters. The van der Waals surface area contributed by atoms with Crippen molar-refractivity contribution in [2.75, 3.05) is 29.0 Å². The standard InChI is InChI=1S/C26H24ClF3N8/c1-37-25(34-16-3-4-17(19(28)8-16)18-6-7-32-23(31)21(18)27)35-24(36-37)14-2-5-20(33-11-14)38-12-26(13-38)9-15(10-26)22(29)30/h2-8,11,15,22H,9-10,12-13H2,1H3,(H2,31,32)(H,34,35,36). The summed E-state index contributed by atoms with van der Waals surface area (Å²) >= 11 is 6.20. The van der Waals surface area contributed by atoms with Gasteiger partial charge in [-0.3, -0.25) is 0 Å². The van der Waals surface area contributed by atoms with Crippen LogP contribution in [0.5, 0.6) is 0 Å². The molecule has 1 aliphatic heterocycles. The van der Waals surface area contributed by atoms with Crippen LogP contribution in [0.25, 0.3) is 22.5 Å². The lowest BCUT2D eigenvalue weighted by Gasteiger charge is -2.59. The normalized spacial score (nSPS) is 16.5. The fraction of sp³-hybridized carbons (Fsp3) is 0.308. The van der Waals surface area contributed by atoms with E-state index in [-0.39, 0.29) is 16.3 Å². The maximum absolute atomic E-state index is 14.9. The summed E-state index contributed by atoms with van der Waals surface area (Å²) in [4.78, 5) is 15.1. The average Bonchev–Trinajstić information content (AvgIpc) is 3.20. The summed E-state index contributed by atoms with van der Waals surface area (Å²) in [5.74, 6) is 0.883. The van der Waals surface area contributed by atoms with E-state index in [1.807, 2.05) is 12.1 Å². The Hall–Kier alpha value is -3.86. The quantitative estimate of drug-likeness (QED) is 0.331. The molecular formula is C26H24ClF3N8. The maximum atomic E-state index is 14.9. The fourth-order valence-electron chi connectivity index (χ4n) is 5.34. The van der Waals surface area contributed by atoms with E-state index in [0.717, 1.165) is 24.5 Å². The first kappa shape index (κ1) is 24.5. The number of hydrogen-bond acceptors (Lipinski definition) is 7. The summed E-state index contributed by atoms with van der Waals surface area (Å²) < 4.78 is 42.1. The number of aromatic nitrogens is 5. The lowest BCUT2D eigenvalue weighted by atomic mass is 9.58. The maximum Gasteiger partial charge on any atom is 0.241 e. The number of hydrogen-bond donors (Lipinski definition) is 2. The minimum Gasteiger partial charge on any atom is -0.382 e. The highest BCUT2D eigenvalue weighted by atomic mass is 35.5. The molecule has 0 unspecified atom stereocenters. The van der Waals surface area contributed by atoms with Crippen LogP contribution in [-0.2, 0) is 7.05 Å². The topological polar surface area (TPSA) is 97.8 Å². The number of nitrogens with zero attached hydrogens (tertiary/aromatic N) is 6. The van der Waals surface area contributed by atoms with Gasteiger partial charge in [0.25, 0.3) is 0 Å². The van der Waals surface area contributed by atoms with Gasteiger partial charge in [0.05, 0.1) is 5.02 Å². The first-order chi connectivity index (χ1) is 18.2. The number of pyridine rings is 2. The largest absolute Gasteiger partial charge is 0.382 e. The van der Waals surface area contributed by atoms with Gasteiger partial charge in [0.15, 0.2) is 5.82 Å².